The molecule has 7 heterocycles. The molecule has 1 saturated carbocycles. The summed E-state index contributed by atoms with van der Waals surface area (Å²) in [6.07, 6.45) is 8.65. The lowest BCUT2D eigenvalue weighted by atomic mass is 9.82. The molecule has 12 rings (SSSR count). The monoisotopic (exact) mass is 1540 g/mol. The van der Waals surface area contributed by atoms with E-state index in [2.05, 4.69) is 0 Å². The number of piperidine rings is 3. The summed E-state index contributed by atoms with van der Waals surface area (Å²) in [5.41, 5.74) is 20.0. The topological polar surface area (TPSA) is 270 Å². The standard InChI is InChI=1S/C27H34F3N3O3S.C23H30F3N3O4S.C23H34F3N3O4S/c1-27(2,37(35,36)32(3)16-17-7-5-4-6-8-17)26(34)33-20-9-10-21(33)12-19(11-20)25(31)14-18-13-23(29)24(30)15-22(18)28;24-18-13-20(26)19(25)11-14(18)12-21(27)15-9-16-1-2-17(10-15)29(16)22(30)23(3-4-23)34(31,32)28-5-7-33-8-6-28;1-23(2,34(31,32)28(3)7-8-33-4)22(30)29-16-5-6-17(29)10-15(9-16)21(27)12-14-11-19(25)20(26)13-18(14)24/h4-8,13,15,19-21,25H,9-12,14,16,31H2,1-3H3;11,13,15-17,21H,1-10,12,27H2;11,13,15-17,21H,5-10,12,27H2,1-4H3/t19?,20-,21+,25-;2*15?,16-,17+,21-/m111/s1. The molecular formula is C73H98F9N9O11S3. The molecule has 20 nitrogen and oxygen atoms in total. The predicted octanol–water partition coefficient (Wildman–Crippen LogP) is 8.35. The first-order chi connectivity index (χ1) is 49.3. The number of rotatable bonds is 23. The van der Waals surface area contributed by atoms with E-state index in [0.717, 1.165) is 66.6 Å². The van der Waals surface area contributed by atoms with Crippen LogP contribution in [-0.2, 0) is 79.7 Å². The number of hydrogen-bond acceptors (Lipinski definition) is 14. The van der Waals surface area contributed by atoms with Crippen molar-refractivity contribution in [3.05, 3.63) is 141 Å². The Kier molecular flexibility index (Phi) is 25.2. The predicted molar refractivity (Wildman–Crippen MR) is 375 cm³/mol. The van der Waals surface area contributed by atoms with Gasteiger partial charge >= 0.3 is 0 Å². The van der Waals surface area contributed by atoms with Crippen molar-refractivity contribution in [2.45, 2.75) is 212 Å². The quantitative estimate of drug-likeness (QED) is 0.0465. The highest BCUT2D eigenvalue weighted by atomic mass is 32.2. The van der Waals surface area contributed by atoms with Crippen LogP contribution in [0.2, 0.25) is 0 Å². The van der Waals surface area contributed by atoms with Crippen molar-refractivity contribution in [1.29, 1.82) is 0 Å². The molecule has 7 saturated heterocycles. The van der Waals surface area contributed by atoms with Crippen molar-refractivity contribution < 1.29 is 88.6 Å². The van der Waals surface area contributed by atoms with Gasteiger partial charge < -0.3 is 41.4 Å². The third-order valence-electron chi connectivity index (χ3n) is 23.4. The lowest BCUT2D eigenvalue weighted by Gasteiger charge is -2.44. The smallest absolute Gasteiger partial charge is 0.245 e. The number of sulfonamides is 3. The van der Waals surface area contributed by atoms with Gasteiger partial charge in [0.05, 0.1) is 19.8 Å². The maximum Gasteiger partial charge on any atom is 0.245 e. The molecule has 7 aliphatic heterocycles. The zero-order valence-corrected chi connectivity index (χ0v) is 62.7. The number of carbonyl (C=O) groups is 3. The van der Waals surface area contributed by atoms with E-state index in [1.165, 1.54) is 57.5 Å². The summed E-state index contributed by atoms with van der Waals surface area (Å²) in [7, 11) is -7.29. The molecule has 8 fully saturated rings. The van der Waals surface area contributed by atoms with Crippen LogP contribution in [0.4, 0.5) is 39.5 Å². The van der Waals surface area contributed by atoms with E-state index < -0.39 is 127 Å². The number of methoxy groups -OCH3 is 1. The Hall–Kier alpha value is -5.81. The van der Waals surface area contributed by atoms with Crippen molar-refractivity contribution in [3.8, 4) is 0 Å². The minimum absolute atomic E-state index is 0.0172. The Morgan fingerprint density at radius 3 is 1.17 bits per heavy atom. The molecule has 0 radical (unpaired) electrons. The van der Waals surface area contributed by atoms with Crippen molar-refractivity contribution in [2.24, 2.45) is 35.0 Å². The van der Waals surface area contributed by atoms with E-state index >= 15 is 0 Å². The molecule has 3 unspecified atom stereocenters. The van der Waals surface area contributed by atoms with Gasteiger partial charge in [-0.1, -0.05) is 30.3 Å². The second kappa shape index (κ2) is 32.4. The molecule has 12 atom stereocenters. The van der Waals surface area contributed by atoms with Crippen molar-refractivity contribution in [3.63, 3.8) is 0 Å². The summed E-state index contributed by atoms with van der Waals surface area (Å²) in [6, 6.07) is 10.9. The van der Waals surface area contributed by atoms with Crippen molar-refractivity contribution in [2.75, 3.05) is 60.7 Å². The molecule has 1 aliphatic carbocycles. The van der Waals surface area contributed by atoms with Crippen molar-refractivity contribution >= 4 is 47.8 Å². The van der Waals surface area contributed by atoms with E-state index in [1.807, 2.05) is 30.3 Å². The molecule has 32 heteroatoms. The van der Waals surface area contributed by atoms with Gasteiger partial charge in [0, 0.05) is 120 Å². The van der Waals surface area contributed by atoms with E-state index in [9.17, 15) is 79.2 Å². The molecular weight excluding hydrogens is 1450 g/mol. The minimum Gasteiger partial charge on any atom is -0.383 e. The molecule has 6 N–H and O–H groups in total. The summed E-state index contributed by atoms with van der Waals surface area (Å²) in [5.74, 6) is -10.9. The van der Waals surface area contributed by atoms with Crippen LogP contribution in [0.5, 0.6) is 0 Å². The van der Waals surface area contributed by atoms with Gasteiger partial charge in [-0.15, -0.1) is 0 Å². The Morgan fingerprint density at radius 1 is 0.514 bits per heavy atom. The number of amides is 3. The summed E-state index contributed by atoms with van der Waals surface area (Å²) in [6.45, 7) is 7.46. The third-order valence-corrected chi connectivity index (χ3v) is 30.9. The molecule has 4 aromatic rings. The molecule has 8 aliphatic rings. The van der Waals surface area contributed by atoms with Crippen LogP contribution >= 0.6 is 0 Å². The Balaban J connectivity index is 0.000000169. The van der Waals surface area contributed by atoms with Crippen LogP contribution in [0.25, 0.3) is 0 Å². The van der Waals surface area contributed by atoms with E-state index in [1.54, 1.807) is 14.7 Å². The number of fused-ring (bicyclic) bond motifs is 6. The number of hydrogen-bond donors (Lipinski definition) is 3. The number of morpholine rings is 1. The highest BCUT2D eigenvalue weighted by Gasteiger charge is 2.66. The van der Waals surface area contributed by atoms with Crippen LogP contribution in [0, 0.1) is 70.1 Å². The van der Waals surface area contributed by atoms with Crippen LogP contribution in [0.15, 0.2) is 66.7 Å². The van der Waals surface area contributed by atoms with Gasteiger partial charge in [0.2, 0.25) is 47.8 Å². The molecule has 0 aromatic heterocycles. The van der Waals surface area contributed by atoms with Gasteiger partial charge in [0.1, 0.15) is 17.5 Å². The number of ether oxygens (including phenoxy) is 2. The second-order valence-corrected chi connectivity index (χ2v) is 38.2. The number of carbonyl (C=O) groups excluding carboxylic acids is 3. The fourth-order valence-corrected chi connectivity index (χ4v) is 21.9. The summed E-state index contributed by atoms with van der Waals surface area (Å²) in [4.78, 5) is 46.1. The Morgan fingerprint density at radius 2 is 0.838 bits per heavy atom. The zero-order chi connectivity index (χ0) is 76.8. The summed E-state index contributed by atoms with van der Waals surface area (Å²) >= 11 is 0. The Bertz CT molecular complexity index is 4140. The number of nitrogens with zero attached hydrogens (tertiary/aromatic N) is 6. The number of halogens is 9. The van der Waals surface area contributed by atoms with Gasteiger partial charge in [-0.2, -0.15) is 8.61 Å². The van der Waals surface area contributed by atoms with Crippen LogP contribution in [0.3, 0.4) is 0 Å². The number of benzene rings is 4. The van der Waals surface area contributed by atoms with Crippen LogP contribution in [0.1, 0.15) is 140 Å². The minimum atomic E-state index is -3.98. The van der Waals surface area contributed by atoms with Gasteiger partial charge in [0.25, 0.3) is 0 Å². The fourth-order valence-electron chi connectivity index (χ4n) is 17.0. The lowest BCUT2D eigenvalue weighted by molar-refractivity contribution is -0.139. The highest BCUT2D eigenvalue weighted by Crippen LogP contribution is 2.52. The molecule has 3 amide bonds. The average molecular weight is 1540 g/mol. The number of likely N-dealkylation sites (N-methyl/N-ethyl adjacent to an activating group) is 1. The zero-order valence-electron chi connectivity index (χ0n) is 60.3. The Labute approximate surface area is 610 Å². The van der Waals surface area contributed by atoms with Crippen molar-refractivity contribution in [1.82, 2.24) is 27.6 Å². The highest BCUT2D eigenvalue weighted by molar-refractivity contribution is 7.92. The summed E-state index contributed by atoms with van der Waals surface area (Å²) in [5, 5.41) is 0. The van der Waals surface area contributed by atoms with Gasteiger partial charge in [-0.25, -0.2) is 69.1 Å². The molecule has 582 valence electrons. The third kappa shape index (κ3) is 16.7. The van der Waals surface area contributed by atoms with Crippen LogP contribution < -0.4 is 17.2 Å². The van der Waals surface area contributed by atoms with E-state index in [0.29, 0.717) is 82.8 Å². The SMILES string of the molecule is CN(Cc1ccccc1)S(=O)(=O)C(C)(C)C(=O)N1[C@@H]2CC[C@H]1CC([C@H](N)Cc1cc(F)c(F)cc1F)C2.COCCN(C)S(=O)(=O)C(C)(C)C(=O)N1[C@@H]2CC[C@H]1CC([C@H](N)Cc1cc(F)c(F)cc1F)C2.N[C@H](Cc1cc(F)c(F)cc1F)C1C[C@H]2CC[C@@H](C1)N2C(=O)C1(S(=O)(=O)N2CCOCC2)CC1. The molecule has 105 heavy (non-hydrogen) atoms. The van der Waals surface area contributed by atoms with E-state index in [4.69, 9.17) is 26.7 Å². The normalized spacial score (nSPS) is 25.5. The molecule has 6 bridgehead atoms. The van der Waals surface area contributed by atoms with E-state index in [-0.39, 0.29) is 129 Å². The van der Waals surface area contributed by atoms with Crippen LogP contribution in [-0.4, -0.2) is 200 Å². The fraction of sp³-hybridized carbons (Fsp3) is 0.630. The van der Waals surface area contributed by atoms with Gasteiger partial charge in [-0.05, 0) is 195 Å². The van der Waals surface area contributed by atoms with Gasteiger partial charge in [-0.3, -0.25) is 14.4 Å². The first-order valence-corrected chi connectivity index (χ1v) is 40.3. The largest absolute Gasteiger partial charge is 0.383 e. The second-order valence-electron chi connectivity index (χ2n) is 30.8. The lowest BCUT2D eigenvalue weighted by Crippen LogP contribution is -2.59. The molecule has 0 spiro atoms. The maximum absolute atomic E-state index is 14.2. The van der Waals surface area contributed by atoms with Gasteiger partial charge in [0.15, 0.2) is 49.1 Å². The molecule has 4 aromatic carbocycles. The first-order valence-electron chi connectivity index (χ1n) is 35.9. The first kappa shape index (κ1) is 81.7. The maximum atomic E-state index is 14.2. The average Bonchev–Trinajstić information content (AvgIpc) is 1.55. The summed E-state index contributed by atoms with van der Waals surface area (Å²) < 4.78 is 212. The number of nitrogens with two attached hydrogens (primary N) is 3.